The minimum absolute atomic E-state index is 0.00890. The van der Waals surface area contributed by atoms with E-state index in [1.807, 2.05) is 36.1 Å². The Morgan fingerprint density at radius 3 is 2.52 bits per heavy atom. The van der Waals surface area contributed by atoms with E-state index in [4.69, 9.17) is 4.74 Å². The van der Waals surface area contributed by atoms with Gasteiger partial charge in [-0.05, 0) is 37.5 Å². The molecule has 3 rings (SSSR count). The Morgan fingerprint density at radius 2 is 1.92 bits per heavy atom. The van der Waals surface area contributed by atoms with Crippen LogP contribution in [0.5, 0.6) is 0 Å². The molecule has 1 aliphatic heterocycles. The molecule has 0 saturated carbocycles. The smallest absolute Gasteiger partial charge is 0.309 e. The van der Waals surface area contributed by atoms with Crippen LogP contribution in [0.3, 0.4) is 0 Å². The molecule has 0 radical (unpaired) electrons. The van der Waals surface area contributed by atoms with Crippen LogP contribution < -0.4 is 0 Å². The molecule has 1 saturated heterocycles. The predicted molar refractivity (Wildman–Crippen MR) is 90.8 cm³/mol. The molecule has 7 heteroatoms. The SMILES string of the molecule is CCOC(=O)C1CCN(C(=O)c2ccc(Cn3cncn3)cc2)CC1. The first-order chi connectivity index (χ1) is 12.2. The maximum absolute atomic E-state index is 12.6. The maximum atomic E-state index is 12.6. The number of piperidine rings is 1. The third kappa shape index (κ3) is 4.23. The van der Waals surface area contributed by atoms with Crippen LogP contribution in [-0.2, 0) is 16.1 Å². The maximum Gasteiger partial charge on any atom is 0.309 e. The minimum atomic E-state index is -0.146. The summed E-state index contributed by atoms with van der Waals surface area (Å²) < 4.78 is 6.80. The van der Waals surface area contributed by atoms with Gasteiger partial charge in [0.05, 0.1) is 19.1 Å². The summed E-state index contributed by atoms with van der Waals surface area (Å²) >= 11 is 0. The lowest BCUT2D eigenvalue weighted by molar-refractivity contribution is -0.149. The molecule has 1 aromatic carbocycles. The number of esters is 1. The number of hydrogen-bond acceptors (Lipinski definition) is 5. The molecule has 132 valence electrons. The molecule has 7 nitrogen and oxygen atoms in total. The standard InChI is InChI=1S/C18H22N4O3/c1-2-25-18(24)16-7-9-21(10-8-16)17(23)15-5-3-14(4-6-15)11-22-13-19-12-20-22/h3-6,12-13,16H,2,7-11H2,1H3. The van der Waals surface area contributed by atoms with Gasteiger partial charge in [0.1, 0.15) is 12.7 Å². The number of likely N-dealkylation sites (tertiary alicyclic amines) is 1. The van der Waals surface area contributed by atoms with Gasteiger partial charge in [-0.25, -0.2) is 9.67 Å². The van der Waals surface area contributed by atoms with Crippen molar-refractivity contribution in [1.82, 2.24) is 19.7 Å². The average Bonchev–Trinajstić information content (AvgIpc) is 3.15. The lowest BCUT2D eigenvalue weighted by Gasteiger charge is -2.31. The fraction of sp³-hybridized carbons (Fsp3) is 0.444. The van der Waals surface area contributed by atoms with Crippen LogP contribution in [0.25, 0.3) is 0 Å². The van der Waals surface area contributed by atoms with Gasteiger partial charge in [-0.1, -0.05) is 12.1 Å². The van der Waals surface area contributed by atoms with E-state index in [1.54, 1.807) is 11.0 Å². The summed E-state index contributed by atoms with van der Waals surface area (Å²) in [5.74, 6) is -0.226. The number of aromatic nitrogens is 3. The summed E-state index contributed by atoms with van der Waals surface area (Å²) in [7, 11) is 0. The molecule has 0 aliphatic carbocycles. The van der Waals surface area contributed by atoms with Crippen molar-refractivity contribution in [2.45, 2.75) is 26.3 Å². The summed E-state index contributed by atoms with van der Waals surface area (Å²) in [4.78, 5) is 30.1. The number of hydrogen-bond donors (Lipinski definition) is 0. The highest BCUT2D eigenvalue weighted by atomic mass is 16.5. The first-order valence-corrected chi connectivity index (χ1v) is 8.54. The van der Waals surface area contributed by atoms with Gasteiger partial charge in [-0.3, -0.25) is 9.59 Å². The third-order valence-corrected chi connectivity index (χ3v) is 4.41. The minimum Gasteiger partial charge on any atom is -0.466 e. The van der Waals surface area contributed by atoms with Gasteiger partial charge in [0.2, 0.25) is 0 Å². The van der Waals surface area contributed by atoms with Crippen molar-refractivity contribution in [2.75, 3.05) is 19.7 Å². The number of benzene rings is 1. The summed E-state index contributed by atoms with van der Waals surface area (Å²) in [6.07, 6.45) is 4.48. The Morgan fingerprint density at radius 1 is 1.20 bits per heavy atom. The number of carbonyl (C=O) groups excluding carboxylic acids is 2. The van der Waals surface area contributed by atoms with Gasteiger partial charge in [0.15, 0.2) is 0 Å². The molecule has 0 bridgehead atoms. The Kier molecular flexibility index (Phi) is 5.42. The van der Waals surface area contributed by atoms with Crippen LogP contribution in [-0.4, -0.2) is 51.2 Å². The van der Waals surface area contributed by atoms with Crippen molar-refractivity contribution in [3.05, 3.63) is 48.0 Å². The largest absolute Gasteiger partial charge is 0.466 e. The fourth-order valence-electron chi connectivity index (χ4n) is 3.02. The third-order valence-electron chi connectivity index (χ3n) is 4.41. The highest BCUT2D eigenvalue weighted by Gasteiger charge is 2.28. The lowest BCUT2D eigenvalue weighted by atomic mass is 9.96. The molecule has 25 heavy (non-hydrogen) atoms. The van der Waals surface area contributed by atoms with Crippen LogP contribution in [0, 0.1) is 5.92 Å². The van der Waals surface area contributed by atoms with Crippen LogP contribution in [0.2, 0.25) is 0 Å². The summed E-state index contributed by atoms with van der Waals surface area (Å²) in [6, 6.07) is 7.54. The summed E-state index contributed by atoms with van der Waals surface area (Å²) in [5.41, 5.74) is 1.72. The quantitative estimate of drug-likeness (QED) is 0.774. The number of ether oxygens (including phenoxy) is 1. The van der Waals surface area contributed by atoms with Crippen molar-refractivity contribution in [1.29, 1.82) is 0 Å². The zero-order valence-corrected chi connectivity index (χ0v) is 14.3. The van der Waals surface area contributed by atoms with E-state index >= 15 is 0 Å². The first-order valence-electron chi connectivity index (χ1n) is 8.54. The average molecular weight is 342 g/mol. The molecule has 0 atom stereocenters. The Hall–Kier alpha value is -2.70. The lowest BCUT2D eigenvalue weighted by Crippen LogP contribution is -2.40. The van der Waals surface area contributed by atoms with Crippen molar-refractivity contribution < 1.29 is 14.3 Å². The number of rotatable bonds is 5. The van der Waals surface area contributed by atoms with Gasteiger partial charge < -0.3 is 9.64 Å². The van der Waals surface area contributed by atoms with E-state index in [1.165, 1.54) is 6.33 Å². The normalized spacial score (nSPS) is 15.2. The van der Waals surface area contributed by atoms with E-state index in [2.05, 4.69) is 10.1 Å². The monoisotopic (exact) mass is 342 g/mol. The number of nitrogens with zero attached hydrogens (tertiary/aromatic N) is 4. The molecule has 2 aromatic rings. The van der Waals surface area contributed by atoms with Gasteiger partial charge >= 0.3 is 5.97 Å². The van der Waals surface area contributed by atoms with Gasteiger partial charge in [-0.2, -0.15) is 5.10 Å². The van der Waals surface area contributed by atoms with Crippen LogP contribution in [0.1, 0.15) is 35.7 Å². The van der Waals surface area contributed by atoms with Gasteiger partial charge in [0, 0.05) is 18.7 Å². The van der Waals surface area contributed by atoms with E-state index < -0.39 is 0 Å². The van der Waals surface area contributed by atoms with Crippen molar-refractivity contribution in [3.8, 4) is 0 Å². The summed E-state index contributed by atoms with van der Waals surface area (Å²) in [6.45, 7) is 4.01. The Balaban J connectivity index is 1.55. The highest BCUT2D eigenvalue weighted by molar-refractivity contribution is 5.94. The molecule has 2 heterocycles. The first kappa shape index (κ1) is 17.1. The zero-order chi connectivity index (χ0) is 17.6. The molecule has 0 unspecified atom stereocenters. The number of carbonyl (C=O) groups is 2. The van der Waals surface area contributed by atoms with Crippen LogP contribution >= 0.6 is 0 Å². The van der Waals surface area contributed by atoms with Crippen molar-refractivity contribution >= 4 is 11.9 Å². The van der Waals surface area contributed by atoms with Gasteiger partial charge in [-0.15, -0.1) is 0 Å². The predicted octanol–water partition coefficient (Wildman–Crippen LogP) is 1.74. The van der Waals surface area contributed by atoms with E-state index in [9.17, 15) is 9.59 Å². The van der Waals surface area contributed by atoms with Crippen molar-refractivity contribution in [3.63, 3.8) is 0 Å². The molecular weight excluding hydrogens is 320 g/mol. The van der Waals surface area contributed by atoms with E-state index in [-0.39, 0.29) is 17.8 Å². The van der Waals surface area contributed by atoms with E-state index in [0.717, 1.165) is 5.56 Å². The molecular formula is C18H22N4O3. The Labute approximate surface area is 146 Å². The van der Waals surface area contributed by atoms with Crippen LogP contribution in [0.4, 0.5) is 0 Å². The molecule has 1 fully saturated rings. The van der Waals surface area contributed by atoms with E-state index in [0.29, 0.717) is 44.6 Å². The molecule has 0 N–H and O–H groups in total. The second kappa shape index (κ2) is 7.92. The second-order valence-electron chi connectivity index (χ2n) is 6.11. The summed E-state index contributed by atoms with van der Waals surface area (Å²) in [5, 5.41) is 4.07. The number of amides is 1. The second-order valence-corrected chi connectivity index (χ2v) is 6.11. The molecule has 0 spiro atoms. The molecule has 1 amide bonds. The highest BCUT2D eigenvalue weighted by Crippen LogP contribution is 2.20. The topological polar surface area (TPSA) is 77.3 Å². The fourth-order valence-corrected chi connectivity index (χ4v) is 3.02. The zero-order valence-electron chi connectivity index (χ0n) is 14.3. The molecule has 1 aliphatic rings. The molecule has 1 aromatic heterocycles. The van der Waals surface area contributed by atoms with Crippen LogP contribution in [0.15, 0.2) is 36.9 Å². The van der Waals surface area contributed by atoms with Gasteiger partial charge in [0.25, 0.3) is 5.91 Å². The Bertz CT molecular complexity index is 704. The van der Waals surface area contributed by atoms with Crippen molar-refractivity contribution in [2.24, 2.45) is 5.92 Å².